The Morgan fingerprint density at radius 1 is 1.12 bits per heavy atom. The zero-order valence-electron chi connectivity index (χ0n) is 6.31. The normalized spacial score (nSPS) is 15.6. The molecule has 0 aromatic heterocycles. The average molecular weight is 112 g/mol. The third-order valence-corrected chi connectivity index (χ3v) is 1.55. The van der Waals surface area contributed by atoms with E-state index in [0.29, 0.717) is 0 Å². The van der Waals surface area contributed by atoms with Gasteiger partial charge in [0.1, 0.15) is 0 Å². The first-order valence-electron chi connectivity index (χ1n) is 3.31. The summed E-state index contributed by atoms with van der Waals surface area (Å²) in [6.45, 7) is 8.79. The van der Waals surface area contributed by atoms with Gasteiger partial charge in [-0.15, -0.1) is 0 Å². The number of hydrogen-bond donors (Lipinski definition) is 0. The molecule has 0 heteroatoms. The van der Waals surface area contributed by atoms with Gasteiger partial charge in [-0.2, -0.15) is 0 Å². The van der Waals surface area contributed by atoms with Crippen LogP contribution in [0.1, 0.15) is 27.7 Å². The van der Waals surface area contributed by atoms with E-state index < -0.39 is 0 Å². The van der Waals surface area contributed by atoms with E-state index in [9.17, 15) is 0 Å². The van der Waals surface area contributed by atoms with E-state index in [-0.39, 0.29) is 0 Å². The van der Waals surface area contributed by atoms with Crippen LogP contribution in [-0.2, 0) is 0 Å². The molecule has 0 aromatic rings. The van der Waals surface area contributed by atoms with Gasteiger partial charge in [-0.1, -0.05) is 32.9 Å². The van der Waals surface area contributed by atoms with Crippen LogP contribution in [0.3, 0.4) is 0 Å². The van der Waals surface area contributed by atoms with Crippen molar-refractivity contribution in [3.05, 3.63) is 12.2 Å². The van der Waals surface area contributed by atoms with Gasteiger partial charge in [0.25, 0.3) is 0 Å². The van der Waals surface area contributed by atoms with Gasteiger partial charge in [0, 0.05) is 0 Å². The van der Waals surface area contributed by atoms with E-state index >= 15 is 0 Å². The molecule has 0 aliphatic heterocycles. The van der Waals surface area contributed by atoms with Gasteiger partial charge in [0.15, 0.2) is 0 Å². The zero-order chi connectivity index (χ0) is 6.57. The summed E-state index contributed by atoms with van der Waals surface area (Å²) in [5.74, 6) is 1.52. The maximum Gasteiger partial charge on any atom is -0.0239 e. The second kappa shape index (κ2) is 3.71. The fourth-order valence-corrected chi connectivity index (χ4v) is 0.526. The summed E-state index contributed by atoms with van der Waals surface area (Å²) < 4.78 is 0. The van der Waals surface area contributed by atoms with E-state index in [1.54, 1.807) is 0 Å². The summed E-state index contributed by atoms with van der Waals surface area (Å²) >= 11 is 0. The topological polar surface area (TPSA) is 0 Å². The summed E-state index contributed by atoms with van der Waals surface area (Å²) in [5, 5.41) is 0. The minimum Gasteiger partial charge on any atom is -0.0914 e. The summed E-state index contributed by atoms with van der Waals surface area (Å²) in [4.78, 5) is 0. The number of rotatable bonds is 2. The molecule has 0 aliphatic rings. The van der Waals surface area contributed by atoms with Crippen molar-refractivity contribution in [2.24, 2.45) is 11.8 Å². The lowest BCUT2D eigenvalue weighted by Gasteiger charge is -2.08. The van der Waals surface area contributed by atoms with Crippen molar-refractivity contribution in [1.82, 2.24) is 0 Å². The number of hydrogen-bond acceptors (Lipinski definition) is 0. The summed E-state index contributed by atoms with van der Waals surface area (Å²) in [6.07, 6.45) is 4.36. The molecule has 48 valence electrons. The first kappa shape index (κ1) is 7.74. The van der Waals surface area contributed by atoms with Gasteiger partial charge in [-0.3, -0.25) is 0 Å². The van der Waals surface area contributed by atoms with E-state index in [2.05, 4.69) is 39.8 Å². The SMILES string of the molecule is C/C=C/[C@@H](C)C(C)C. The Morgan fingerprint density at radius 3 is 1.75 bits per heavy atom. The standard InChI is InChI=1S/C8H16/c1-5-6-8(4)7(2)3/h5-8H,1-4H3/b6-5+/t8-/m1/s1. The van der Waals surface area contributed by atoms with E-state index in [1.165, 1.54) is 0 Å². The molecule has 1 atom stereocenters. The highest BCUT2D eigenvalue weighted by molar-refractivity contribution is 4.84. The van der Waals surface area contributed by atoms with Crippen LogP contribution in [-0.4, -0.2) is 0 Å². The molecule has 0 nitrogen and oxygen atoms in total. The second-order valence-corrected chi connectivity index (χ2v) is 2.63. The molecule has 0 spiro atoms. The van der Waals surface area contributed by atoms with E-state index in [0.717, 1.165) is 11.8 Å². The van der Waals surface area contributed by atoms with Gasteiger partial charge in [0.2, 0.25) is 0 Å². The summed E-state index contributed by atoms with van der Waals surface area (Å²) in [6, 6.07) is 0. The van der Waals surface area contributed by atoms with Crippen molar-refractivity contribution in [2.75, 3.05) is 0 Å². The Bertz CT molecular complexity index is 70.1. The van der Waals surface area contributed by atoms with Crippen LogP contribution in [0.2, 0.25) is 0 Å². The van der Waals surface area contributed by atoms with Crippen molar-refractivity contribution in [1.29, 1.82) is 0 Å². The molecule has 0 N–H and O–H groups in total. The highest BCUT2D eigenvalue weighted by Gasteiger charge is 1.99. The number of allylic oxidation sites excluding steroid dienone is 2. The quantitative estimate of drug-likeness (QED) is 0.482. The van der Waals surface area contributed by atoms with Crippen LogP contribution in [0.25, 0.3) is 0 Å². The molecule has 0 aliphatic carbocycles. The van der Waals surface area contributed by atoms with Gasteiger partial charge < -0.3 is 0 Å². The highest BCUT2D eigenvalue weighted by Crippen LogP contribution is 2.09. The molecule has 0 amide bonds. The maximum absolute atomic E-state index is 2.24. The maximum atomic E-state index is 2.24. The lowest BCUT2D eigenvalue weighted by molar-refractivity contribution is 0.504. The monoisotopic (exact) mass is 112 g/mol. The lowest BCUT2D eigenvalue weighted by Crippen LogP contribution is -1.98. The molecule has 0 unspecified atom stereocenters. The second-order valence-electron chi connectivity index (χ2n) is 2.63. The van der Waals surface area contributed by atoms with Crippen LogP contribution < -0.4 is 0 Å². The van der Waals surface area contributed by atoms with Crippen LogP contribution in [0.4, 0.5) is 0 Å². The van der Waals surface area contributed by atoms with Crippen molar-refractivity contribution in [3.63, 3.8) is 0 Å². The molecule has 0 rings (SSSR count). The van der Waals surface area contributed by atoms with Crippen LogP contribution in [0.5, 0.6) is 0 Å². The zero-order valence-corrected chi connectivity index (χ0v) is 6.31. The minimum atomic E-state index is 0.736. The molecule has 8 heavy (non-hydrogen) atoms. The molecular formula is C8H16. The Morgan fingerprint density at radius 2 is 1.62 bits per heavy atom. The molecule has 0 fully saturated rings. The molecule has 0 heterocycles. The molecule has 0 radical (unpaired) electrons. The Hall–Kier alpha value is -0.260. The molecular weight excluding hydrogens is 96.1 g/mol. The van der Waals surface area contributed by atoms with Crippen LogP contribution >= 0.6 is 0 Å². The van der Waals surface area contributed by atoms with Gasteiger partial charge in [0.05, 0.1) is 0 Å². The third-order valence-electron chi connectivity index (χ3n) is 1.55. The van der Waals surface area contributed by atoms with Gasteiger partial charge >= 0.3 is 0 Å². The molecule has 0 aromatic carbocycles. The molecule has 0 saturated carbocycles. The van der Waals surface area contributed by atoms with Gasteiger partial charge in [-0.25, -0.2) is 0 Å². The lowest BCUT2D eigenvalue weighted by atomic mass is 9.98. The van der Waals surface area contributed by atoms with Crippen molar-refractivity contribution in [2.45, 2.75) is 27.7 Å². The van der Waals surface area contributed by atoms with Gasteiger partial charge in [-0.05, 0) is 18.8 Å². The average Bonchev–Trinajstić information content (AvgIpc) is 1.67. The van der Waals surface area contributed by atoms with Crippen LogP contribution in [0.15, 0.2) is 12.2 Å². The highest BCUT2D eigenvalue weighted by atomic mass is 14.0. The molecule has 0 bridgehead atoms. The van der Waals surface area contributed by atoms with E-state index in [4.69, 9.17) is 0 Å². The molecule has 0 saturated heterocycles. The summed E-state index contributed by atoms with van der Waals surface area (Å²) in [7, 11) is 0. The van der Waals surface area contributed by atoms with E-state index in [1.807, 2.05) is 0 Å². The Kier molecular flexibility index (Phi) is 3.59. The summed E-state index contributed by atoms with van der Waals surface area (Å²) in [5.41, 5.74) is 0. The van der Waals surface area contributed by atoms with Crippen molar-refractivity contribution >= 4 is 0 Å². The minimum absolute atomic E-state index is 0.736. The smallest absolute Gasteiger partial charge is 0.0239 e. The predicted octanol–water partition coefficient (Wildman–Crippen LogP) is 2.85. The third kappa shape index (κ3) is 2.84. The largest absolute Gasteiger partial charge is 0.0914 e. The fourth-order valence-electron chi connectivity index (χ4n) is 0.526. The first-order chi connectivity index (χ1) is 3.68. The Balaban J connectivity index is 3.47. The Labute approximate surface area is 52.6 Å². The predicted molar refractivity (Wildman–Crippen MR) is 38.8 cm³/mol. The fraction of sp³-hybridized carbons (Fsp3) is 0.750. The first-order valence-corrected chi connectivity index (χ1v) is 3.31. The van der Waals surface area contributed by atoms with Crippen LogP contribution in [0, 0.1) is 11.8 Å². The van der Waals surface area contributed by atoms with Crippen molar-refractivity contribution in [3.8, 4) is 0 Å². The van der Waals surface area contributed by atoms with Crippen molar-refractivity contribution < 1.29 is 0 Å².